The van der Waals surface area contributed by atoms with Gasteiger partial charge in [-0.25, -0.2) is 9.98 Å². The van der Waals surface area contributed by atoms with E-state index in [1.807, 2.05) is 31.3 Å². The highest BCUT2D eigenvalue weighted by Crippen LogP contribution is 2.27. The lowest BCUT2D eigenvalue weighted by atomic mass is 10.2. The molecular formula is C15H21IN4O2S. The van der Waals surface area contributed by atoms with E-state index in [-0.39, 0.29) is 24.0 Å². The first-order valence-electron chi connectivity index (χ1n) is 6.78. The van der Waals surface area contributed by atoms with E-state index in [4.69, 9.17) is 15.2 Å². The van der Waals surface area contributed by atoms with Gasteiger partial charge >= 0.3 is 0 Å². The number of aliphatic imine (C=N–C) groups is 1. The summed E-state index contributed by atoms with van der Waals surface area (Å²) in [5, 5.41) is 4.12. The molecule has 1 aromatic carbocycles. The first kappa shape index (κ1) is 19.5. The van der Waals surface area contributed by atoms with Crippen LogP contribution >= 0.6 is 35.3 Å². The maximum atomic E-state index is 5.87. The molecule has 0 atom stereocenters. The van der Waals surface area contributed by atoms with Crippen LogP contribution in [0.1, 0.15) is 15.4 Å². The Morgan fingerprint density at radius 1 is 1.30 bits per heavy atom. The second-order valence-corrected chi connectivity index (χ2v) is 5.91. The van der Waals surface area contributed by atoms with Crippen molar-refractivity contribution in [1.29, 1.82) is 0 Å². The zero-order valence-corrected chi connectivity index (χ0v) is 16.5. The zero-order chi connectivity index (χ0) is 15.9. The number of guanidine groups is 1. The molecule has 0 aliphatic carbocycles. The molecule has 3 N–H and O–H groups in total. The summed E-state index contributed by atoms with van der Waals surface area (Å²) >= 11 is 1.64. The summed E-state index contributed by atoms with van der Waals surface area (Å²) in [6.45, 7) is 3.08. The fourth-order valence-corrected chi connectivity index (χ4v) is 2.61. The van der Waals surface area contributed by atoms with Crippen LogP contribution < -0.4 is 20.5 Å². The predicted molar refractivity (Wildman–Crippen MR) is 104 cm³/mol. The van der Waals surface area contributed by atoms with Crippen molar-refractivity contribution in [3.63, 3.8) is 0 Å². The minimum Gasteiger partial charge on any atom is -0.493 e. The SMILES string of the molecule is COc1ccc(CN=C(N)NCc2cnc(C)s2)cc1OC.I. The van der Waals surface area contributed by atoms with Crippen LogP contribution in [0.4, 0.5) is 0 Å². The standard InChI is InChI=1S/C15H20N4O2S.HI/c1-10-17-8-12(22-10)9-19-15(16)18-7-11-4-5-13(20-2)14(6-11)21-3;/h4-6,8H,7,9H2,1-3H3,(H3,16,18,19);1H. The smallest absolute Gasteiger partial charge is 0.189 e. The lowest BCUT2D eigenvalue weighted by molar-refractivity contribution is 0.354. The van der Waals surface area contributed by atoms with Crippen molar-refractivity contribution in [1.82, 2.24) is 10.3 Å². The summed E-state index contributed by atoms with van der Waals surface area (Å²) in [6, 6.07) is 5.68. The normalized spacial score (nSPS) is 10.8. The van der Waals surface area contributed by atoms with Gasteiger partial charge in [0.05, 0.1) is 32.3 Å². The number of nitrogens with one attached hydrogen (secondary N) is 1. The van der Waals surface area contributed by atoms with Gasteiger partial charge in [0, 0.05) is 11.1 Å². The highest BCUT2D eigenvalue weighted by Gasteiger charge is 2.04. The molecule has 0 unspecified atom stereocenters. The Balaban J connectivity index is 0.00000264. The molecule has 0 saturated carbocycles. The van der Waals surface area contributed by atoms with Crippen molar-refractivity contribution < 1.29 is 9.47 Å². The van der Waals surface area contributed by atoms with Gasteiger partial charge in [-0.3, -0.25) is 0 Å². The largest absolute Gasteiger partial charge is 0.493 e. The van der Waals surface area contributed by atoms with Gasteiger partial charge in [0.2, 0.25) is 0 Å². The fourth-order valence-electron chi connectivity index (χ4n) is 1.88. The van der Waals surface area contributed by atoms with Crippen molar-refractivity contribution in [2.45, 2.75) is 20.0 Å². The molecule has 8 heteroatoms. The Hall–Kier alpha value is -1.55. The van der Waals surface area contributed by atoms with E-state index in [0.29, 0.717) is 30.5 Å². The number of aryl methyl sites for hydroxylation is 1. The molecule has 126 valence electrons. The third kappa shape index (κ3) is 5.87. The molecular weight excluding hydrogens is 427 g/mol. The van der Waals surface area contributed by atoms with Gasteiger partial charge in [-0.05, 0) is 24.6 Å². The van der Waals surface area contributed by atoms with Crippen molar-refractivity contribution in [3.05, 3.63) is 39.8 Å². The summed E-state index contributed by atoms with van der Waals surface area (Å²) in [4.78, 5) is 9.64. The third-order valence-corrected chi connectivity index (χ3v) is 3.91. The Bertz CT molecular complexity index is 661. The van der Waals surface area contributed by atoms with E-state index >= 15 is 0 Å². The summed E-state index contributed by atoms with van der Waals surface area (Å²) in [6.07, 6.45) is 1.84. The number of ether oxygens (including phenoxy) is 2. The van der Waals surface area contributed by atoms with Crippen molar-refractivity contribution in [3.8, 4) is 11.5 Å². The summed E-state index contributed by atoms with van der Waals surface area (Å²) in [5.74, 6) is 1.78. The lowest BCUT2D eigenvalue weighted by Crippen LogP contribution is -2.30. The Morgan fingerprint density at radius 2 is 2.04 bits per heavy atom. The number of rotatable bonds is 6. The minimum atomic E-state index is 0. The fraction of sp³-hybridized carbons (Fsp3) is 0.333. The average molecular weight is 448 g/mol. The van der Waals surface area contributed by atoms with Crippen LogP contribution in [-0.2, 0) is 13.1 Å². The molecule has 6 nitrogen and oxygen atoms in total. The highest BCUT2D eigenvalue weighted by atomic mass is 127. The van der Waals surface area contributed by atoms with E-state index in [9.17, 15) is 0 Å². The number of nitrogens with two attached hydrogens (primary N) is 1. The second-order valence-electron chi connectivity index (χ2n) is 4.59. The van der Waals surface area contributed by atoms with Gasteiger partial charge in [-0.1, -0.05) is 6.07 Å². The molecule has 0 spiro atoms. The number of hydrogen-bond acceptors (Lipinski definition) is 5. The Kier molecular flexibility index (Phi) is 8.10. The quantitative estimate of drug-likeness (QED) is 0.404. The van der Waals surface area contributed by atoms with E-state index in [2.05, 4.69) is 15.3 Å². The van der Waals surface area contributed by atoms with Crippen LogP contribution in [0.25, 0.3) is 0 Å². The van der Waals surface area contributed by atoms with E-state index in [0.717, 1.165) is 15.4 Å². The first-order valence-corrected chi connectivity index (χ1v) is 7.60. The molecule has 0 saturated heterocycles. The first-order chi connectivity index (χ1) is 10.6. The number of thiazole rings is 1. The number of aromatic nitrogens is 1. The number of methoxy groups -OCH3 is 2. The topological polar surface area (TPSA) is 81.8 Å². The summed E-state index contributed by atoms with van der Waals surface area (Å²) < 4.78 is 10.5. The number of nitrogens with zero attached hydrogens (tertiary/aromatic N) is 2. The molecule has 1 aromatic heterocycles. The summed E-state index contributed by atoms with van der Waals surface area (Å²) in [7, 11) is 3.22. The van der Waals surface area contributed by atoms with Gasteiger partial charge in [-0.15, -0.1) is 35.3 Å². The maximum absolute atomic E-state index is 5.87. The predicted octanol–water partition coefficient (Wildman–Crippen LogP) is 2.69. The van der Waals surface area contributed by atoms with Crippen LogP contribution in [0, 0.1) is 6.92 Å². The van der Waals surface area contributed by atoms with Crippen molar-refractivity contribution >= 4 is 41.3 Å². The van der Waals surface area contributed by atoms with Gasteiger partial charge in [0.25, 0.3) is 0 Å². The number of hydrogen-bond donors (Lipinski definition) is 2. The van der Waals surface area contributed by atoms with Crippen LogP contribution in [0.5, 0.6) is 11.5 Å². The summed E-state index contributed by atoms with van der Waals surface area (Å²) in [5.41, 5.74) is 6.87. The minimum absolute atomic E-state index is 0. The molecule has 0 amide bonds. The molecule has 0 bridgehead atoms. The van der Waals surface area contributed by atoms with E-state index in [1.54, 1.807) is 25.6 Å². The molecule has 2 rings (SSSR count). The van der Waals surface area contributed by atoms with E-state index < -0.39 is 0 Å². The second kappa shape index (κ2) is 9.56. The molecule has 2 aromatic rings. The van der Waals surface area contributed by atoms with Gasteiger partial charge in [0.15, 0.2) is 17.5 Å². The van der Waals surface area contributed by atoms with Crippen LogP contribution in [0.15, 0.2) is 29.4 Å². The van der Waals surface area contributed by atoms with Crippen molar-refractivity contribution in [2.24, 2.45) is 10.7 Å². The Labute approximate surface area is 157 Å². The zero-order valence-electron chi connectivity index (χ0n) is 13.3. The highest BCUT2D eigenvalue weighted by molar-refractivity contribution is 14.0. The van der Waals surface area contributed by atoms with Crippen LogP contribution in [0.3, 0.4) is 0 Å². The molecule has 0 aliphatic heterocycles. The van der Waals surface area contributed by atoms with Gasteiger partial charge < -0.3 is 20.5 Å². The van der Waals surface area contributed by atoms with Crippen molar-refractivity contribution in [2.75, 3.05) is 14.2 Å². The number of benzene rings is 1. The van der Waals surface area contributed by atoms with Gasteiger partial charge in [-0.2, -0.15) is 0 Å². The van der Waals surface area contributed by atoms with Crippen LogP contribution in [-0.4, -0.2) is 25.2 Å². The molecule has 23 heavy (non-hydrogen) atoms. The Morgan fingerprint density at radius 3 is 2.65 bits per heavy atom. The molecule has 0 radical (unpaired) electrons. The molecule has 0 aliphatic rings. The number of halogens is 1. The lowest BCUT2D eigenvalue weighted by Gasteiger charge is -2.09. The van der Waals surface area contributed by atoms with Crippen LogP contribution in [0.2, 0.25) is 0 Å². The molecule has 0 fully saturated rings. The maximum Gasteiger partial charge on any atom is 0.189 e. The molecule has 1 heterocycles. The monoisotopic (exact) mass is 448 g/mol. The average Bonchev–Trinajstić information content (AvgIpc) is 2.96. The third-order valence-electron chi connectivity index (χ3n) is 2.99. The van der Waals surface area contributed by atoms with Gasteiger partial charge in [0.1, 0.15) is 0 Å². The van der Waals surface area contributed by atoms with E-state index in [1.165, 1.54) is 0 Å².